The molecule has 140 valence electrons. The number of aliphatic carboxylic acids is 1. The lowest BCUT2D eigenvalue weighted by Gasteiger charge is -2.21. The number of benzene rings is 2. The monoisotopic (exact) mass is 376 g/mol. The summed E-state index contributed by atoms with van der Waals surface area (Å²) in [7, 11) is -2.28. The molecule has 5 heteroatoms. The molecule has 0 radical (unpaired) electrons. The summed E-state index contributed by atoms with van der Waals surface area (Å²) in [5, 5.41) is 9.25. The van der Waals surface area contributed by atoms with Crippen molar-refractivity contribution in [1.29, 1.82) is 0 Å². The normalized spacial score (nSPS) is 22.8. The van der Waals surface area contributed by atoms with Crippen molar-refractivity contribution in [1.82, 2.24) is 0 Å². The van der Waals surface area contributed by atoms with Gasteiger partial charge in [0.25, 0.3) is 0 Å². The highest BCUT2D eigenvalue weighted by atomic mass is 32.2. The molecule has 3 rings (SSSR count). The molecule has 0 saturated carbocycles. The zero-order valence-corrected chi connectivity index (χ0v) is 16.2. The topological polar surface area (TPSA) is 54.4 Å². The van der Waals surface area contributed by atoms with Crippen LogP contribution in [0.25, 0.3) is 0 Å². The average Bonchev–Trinajstić information content (AvgIpc) is 2.79. The molecule has 0 heterocycles. The van der Waals surface area contributed by atoms with Crippen molar-refractivity contribution in [2.75, 3.05) is 12.5 Å². The molecule has 3 atom stereocenters. The van der Waals surface area contributed by atoms with Crippen molar-refractivity contribution < 1.29 is 18.5 Å². The lowest BCUT2D eigenvalue weighted by atomic mass is 9.83. The Hall–Kier alpha value is -2.01. The van der Waals surface area contributed by atoms with Crippen LogP contribution in [-0.4, -0.2) is 27.8 Å². The maximum absolute atomic E-state index is 13.7. The fourth-order valence-corrected chi connectivity index (χ4v) is 4.94. The molecule has 0 saturated heterocycles. The maximum Gasteiger partial charge on any atom is 0.303 e. The number of hydrogen-bond acceptors (Lipinski definition) is 2. The number of thiol groups is 1. The minimum absolute atomic E-state index is 0.0158. The van der Waals surface area contributed by atoms with E-state index in [1.54, 1.807) is 18.6 Å². The number of carboxylic acids is 1. The number of halogens is 1. The lowest BCUT2D eigenvalue weighted by Crippen LogP contribution is -2.14. The number of carboxylic acid groups (broad SMARTS) is 1. The Morgan fingerprint density at radius 1 is 1.08 bits per heavy atom. The van der Waals surface area contributed by atoms with E-state index in [0.717, 1.165) is 28.0 Å². The van der Waals surface area contributed by atoms with Gasteiger partial charge in [0, 0.05) is 4.90 Å². The Labute approximate surface area is 154 Å². The quantitative estimate of drug-likeness (QED) is 0.776. The first kappa shape index (κ1) is 18.8. The van der Waals surface area contributed by atoms with E-state index < -0.39 is 15.9 Å². The summed E-state index contributed by atoms with van der Waals surface area (Å²) in [6.45, 7) is 2.05. The smallest absolute Gasteiger partial charge is 0.303 e. The van der Waals surface area contributed by atoms with Gasteiger partial charge in [-0.3, -0.25) is 9.00 Å². The van der Waals surface area contributed by atoms with Gasteiger partial charge in [0.05, 0.1) is 6.42 Å². The largest absolute Gasteiger partial charge is 0.481 e. The van der Waals surface area contributed by atoms with Gasteiger partial charge in [-0.2, -0.15) is 0 Å². The molecule has 0 aromatic heterocycles. The van der Waals surface area contributed by atoms with E-state index in [9.17, 15) is 18.5 Å². The van der Waals surface area contributed by atoms with Crippen LogP contribution in [0.5, 0.6) is 0 Å². The van der Waals surface area contributed by atoms with Crippen molar-refractivity contribution >= 4 is 15.9 Å². The number of fused-ring (bicyclic) bond motifs is 1. The molecule has 0 aliphatic heterocycles. The predicted octanol–water partition coefficient (Wildman–Crippen LogP) is 4.00. The second-order valence-electron chi connectivity index (χ2n) is 7.66. The molecule has 1 aliphatic rings. The molecule has 2 aromatic rings. The second kappa shape index (κ2) is 6.95. The van der Waals surface area contributed by atoms with Crippen LogP contribution in [0.15, 0.2) is 47.4 Å². The Kier molecular flexibility index (Phi) is 5.02. The molecular weight excluding hydrogens is 351 g/mol. The third-order valence-electron chi connectivity index (χ3n) is 5.53. The van der Waals surface area contributed by atoms with Crippen LogP contribution >= 0.6 is 0 Å². The highest BCUT2D eigenvalue weighted by molar-refractivity contribution is 8.01. The molecule has 0 bridgehead atoms. The molecule has 2 aromatic carbocycles. The fraction of sp³-hybridized carbons (Fsp3) is 0.381. The Morgan fingerprint density at radius 2 is 1.73 bits per heavy atom. The average molecular weight is 376 g/mol. The summed E-state index contributed by atoms with van der Waals surface area (Å²) in [5.41, 5.74) is 2.99. The standard InChI is InChI=1S/C21H25FO3S/c1-13-18(10-14-4-7-16(8-5-14)26(2,3)25)17-9-6-15(22)11-20(17)19(13)12-21(23)24/h4-9,11,13,18-19,26H,10,12H2,1-3H3,(H,23,24)/t13-,18?,19?/m1/s1. The molecule has 3 nitrogen and oxygen atoms in total. The van der Waals surface area contributed by atoms with Gasteiger partial charge in [-0.1, -0.05) is 35.1 Å². The van der Waals surface area contributed by atoms with Crippen molar-refractivity contribution in [3.63, 3.8) is 0 Å². The van der Waals surface area contributed by atoms with E-state index in [-0.39, 0.29) is 30.0 Å². The lowest BCUT2D eigenvalue weighted by molar-refractivity contribution is -0.137. The highest BCUT2D eigenvalue weighted by Crippen LogP contribution is 2.49. The summed E-state index contributed by atoms with van der Waals surface area (Å²) in [6, 6.07) is 12.6. The van der Waals surface area contributed by atoms with E-state index >= 15 is 0 Å². The number of rotatable bonds is 5. The van der Waals surface area contributed by atoms with Crippen LogP contribution < -0.4 is 0 Å². The Balaban J connectivity index is 1.90. The second-order valence-corrected chi connectivity index (χ2v) is 10.9. The minimum atomic E-state index is -2.28. The van der Waals surface area contributed by atoms with E-state index in [2.05, 4.69) is 6.92 Å². The van der Waals surface area contributed by atoms with Crippen LogP contribution in [0.1, 0.15) is 41.9 Å². The molecule has 2 unspecified atom stereocenters. The van der Waals surface area contributed by atoms with Crippen molar-refractivity contribution in [3.05, 3.63) is 65.0 Å². The Morgan fingerprint density at radius 3 is 2.31 bits per heavy atom. The Bertz CT molecular complexity index is 869. The van der Waals surface area contributed by atoms with Gasteiger partial charge >= 0.3 is 5.97 Å². The SMILES string of the molecule is C[C@H]1C(CC(=O)O)c2cc(F)ccc2C1Cc1ccc([SH](C)(C)=O)cc1. The predicted molar refractivity (Wildman–Crippen MR) is 103 cm³/mol. The fourth-order valence-electron chi connectivity index (χ4n) is 4.08. The first-order valence-electron chi connectivity index (χ1n) is 8.82. The third-order valence-corrected chi connectivity index (χ3v) is 7.07. The molecule has 1 N–H and O–H groups in total. The van der Waals surface area contributed by atoms with Crippen LogP contribution in [-0.2, 0) is 21.1 Å². The molecule has 0 spiro atoms. The van der Waals surface area contributed by atoms with Gasteiger partial charge in [0.15, 0.2) is 0 Å². The van der Waals surface area contributed by atoms with Crippen LogP contribution in [0.4, 0.5) is 4.39 Å². The summed E-state index contributed by atoms with van der Waals surface area (Å²) in [4.78, 5) is 12.1. The summed E-state index contributed by atoms with van der Waals surface area (Å²) < 4.78 is 25.9. The highest BCUT2D eigenvalue weighted by Gasteiger charge is 2.38. The van der Waals surface area contributed by atoms with E-state index in [4.69, 9.17) is 0 Å². The number of hydrogen-bond donors (Lipinski definition) is 2. The van der Waals surface area contributed by atoms with E-state index in [0.29, 0.717) is 0 Å². The van der Waals surface area contributed by atoms with Gasteiger partial charge in [-0.15, -0.1) is 0 Å². The minimum Gasteiger partial charge on any atom is -0.481 e. The summed E-state index contributed by atoms with van der Waals surface area (Å²) >= 11 is 0. The number of carbonyl (C=O) groups is 1. The van der Waals surface area contributed by atoms with Crippen LogP contribution in [0.2, 0.25) is 0 Å². The third kappa shape index (κ3) is 3.73. The zero-order valence-electron chi connectivity index (χ0n) is 15.3. The first-order chi connectivity index (χ1) is 12.2. The molecule has 1 aliphatic carbocycles. The maximum atomic E-state index is 13.7. The van der Waals surface area contributed by atoms with Gasteiger partial charge < -0.3 is 5.11 Å². The molecule has 26 heavy (non-hydrogen) atoms. The van der Waals surface area contributed by atoms with Gasteiger partial charge in [0.1, 0.15) is 5.82 Å². The van der Waals surface area contributed by atoms with Gasteiger partial charge in [-0.05, 0) is 77.6 Å². The van der Waals surface area contributed by atoms with Crippen molar-refractivity contribution in [3.8, 4) is 0 Å². The molecular formula is C21H25FO3S. The molecule has 0 fully saturated rings. The summed E-state index contributed by atoms with van der Waals surface area (Å²) in [5.74, 6) is -1.09. The van der Waals surface area contributed by atoms with Crippen LogP contribution in [0.3, 0.4) is 0 Å². The van der Waals surface area contributed by atoms with Gasteiger partial charge in [-0.25, -0.2) is 4.39 Å². The van der Waals surface area contributed by atoms with E-state index in [1.807, 2.05) is 24.3 Å². The first-order valence-corrected chi connectivity index (χ1v) is 11.4. The zero-order chi connectivity index (χ0) is 19.1. The van der Waals surface area contributed by atoms with Crippen molar-refractivity contribution in [2.24, 2.45) is 5.92 Å². The molecule has 0 amide bonds. The van der Waals surface area contributed by atoms with E-state index in [1.165, 1.54) is 12.1 Å². The van der Waals surface area contributed by atoms with Crippen molar-refractivity contribution in [2.45, 2.75) is 36.5 Å². The van der Waals surface area contributed by atoms with Gasteiger partial charge in [0.2, 0.25) is 0 Å². The summed E-state index contributed by atoms with van der Waals surface area (Å²) in [6.07, 6.45) is 4.28. The van der Waals surface area contributed by atoms with Crippen LogP contribution in [0, 0.1) is 11.7 Å².